The number of hydrogen-bond donors (Lipinski definition) is 0. The van der Waals surface area contributed by atoms with Crippen LogP contribution < -0.4 is 4.90 Å². The van der Waals surface area contributed by atoms with E-state index in [2.05, 4.69) is 11.0 Å². The number of piperidine rings is 3. The maximum absolute atomic E-state index is 13.0. The van der Waals surface area contributed by atoms with Crippen LogP contribution in [0.15, 0.2) is 41.8 Å². The summed E-state index contributed by atoms with van der Waals surface area (Å²) < 4.78 is 5.98. The van der Waals surface area contributed by atoms with Crippen molar-refractivity contribution in [2.45, 2.75) is 32.4 Å². The van der Waals surface area contributed by atoms with Crippen LogP contribution in [0, 0.1) is 12.8 Å². The summed E-state index contributed by atoms with van der Waals surface area (Å²) in [5, 5.41) is 2.04. The zero-order valence-corrected chi connectivity index (χ0v) is 15.4. The maximum Gasteiger partial charge on any atom is 0.414 e. The predicted octanol–water partition coefficient (Wildman–Crippen LogP) is 4.29. The molecule has 1 unspecified atom stereocenters. The van der Waals surface area contributed by atoms with E-state index in [1.165, 1.54) is 0 Å². The minimum Gasteiger partial charge on any atom is -0.444 e. The monoisotopic (exact) mass is 356 g/mol. The van der Waals surface area contributed by atoms with Crippen molar-refractivity contribution in [1.82, 2.24) is 4.90 Å². The lowest BCUT2D eigenvalue weighted by molar-refractivity contribution is -0.0311. The van der Waals surface area contributed by atoms with E-state index in [-0.39, 0.29) is 12.2 Å². The number of aryl methyl sites for hydroxylation is 1. The largest absolute Gasteiger partial charge is 0.444 e. The van der Waals surface area contributed by atoms with Gasteiger partial charge in [0.1, 0.15) is 6.10 Å². The van der Waals surface area contributed by atoms with Crippen molar-refractivity contribution in [3.05, 3.63) is 52.2 Å². The van der Waals surface area contributed by atoms with Crippen LogP contribution in [0.5, 0.6) is 0 Å². The van der Waals surface area contributed by atoms with Crippen LogP contribution >= 0.6 is 11.3 Å². The summed E-state index contributed by atoms with van der Waals surface area (Å²) in [5.74, 6) is 0.523. The quantitative estimate of drug-likeness (QED) is 0.819. The normalized spacial score (nSPS) is 24.9. The lowest BCUT2D eigenvalue weighted by Gasteiger charge is -2.44. The SMILES string of the molecule is Cc1cccc(N(Cc2cccs2)C(=O)OC2CN3CCC2CC3)c1. The molecule has 1 atom stereocenters. The number of amides is 1. The van der Waals surface area contributed by atoms with E-state index >= 15 is 0 Å². The standard InChI is InChI=1S/C20H24N2O2S/c1-15-4-2-5-17(12-15)22(13-18-6-3-11-25-18)20(23)24-19-14-21-9-7-16(19)8-10-21/h2-6,11-12,16,19H,7-10,13-14H2,1H3. The Balaban J connectivity index is 1.53. The summed E-state index contributed by atoms with van der Waals surface area (Å²) in [6, 6.07) is 12.2. The smallest absolute Gasteiger partial charge is 0.414 e. The van der Waals surface area contributed by atoms with Gasteiger partial charge in [-0.05, 0) is 67.9 Å². The molecule has 3 aliphatic rings. The van der Waals surface area contributed by atoms with Crippen molar-refractivity contribution < 1.29 is 9.53 Å². The number of nitrogens with zero attached hydrogens (tertiary/aromatic N) is 2. The minimum absolute atomic E-state index is 0.0330. The van der Waals surface area contributed by atoms with Crippen molar-refractivity contribution in [2.75, 3.05) is 24.5 Å². The topological polar surface area (TPSA) is 32.8 Å². The summed E-state index contributed by atoms with van der Waals surface area (Å²) in [5.41, 5.74) is 2.05. The van der Waals surface area contributed by atoms with Crippen LogP contribution in [-0.4, -0.2) is 36.7 Å². The molecule has 4 heterocycles. The summed E-state index contributed by atoms with van der Waals surface area (Å²) in [7, 11) is 0. The number of carbonyl (C=O) groups excluding carboxylic acids is 1. The van der Waals surface area contributed by atoms with Crippen LogP contribution in [0.25, 0.3) is 0 Å². The first-order chi connectivity index (χ1) is 12.2. The Morgan fingerprint density at radius 1 is 1.28 bits per heavy atom. The first-order valence-electron chi connectivity index (χ1n) is 8.98. The molecule has 3 fully saturated rings. The zero-order chi connectivity index (χ0) is 17.2. The van der Waals surface area contributed by atoms with Crippen LogP contribution in [0.4, 0.5) is 10.5 Å². The van der Waals surface area contributed by atoms with Crippen LogP contribution in [0.2, 0.25) is 0 Å². The lowest BCUT2D eigenvalue weighted by Crippen LogP contribution is -2.53. The van der Waals surface area contributed by atoms with Crippen molar-refractivity contribution in [1.29, 1.82) is 0 Å². The predicted molar refractivity (Wildman–Crippen MR) is 101 cm³/mol. The average molecular weight is 356 g/mol. The molecule has 5 rings (SSSR count). The molecule has 25 heavy (non-hydrogen) atoms. The number of ether oxygens (including phenoxy) is 1. The van der Waals surface area contributed by atoms with Gasteiger partial charge in [0.25, 0.3) is 0 Å². The van der Waals surface area contributed by atoms with Crippen molar-refractivity contribution >= 4 is 23.1 Å². The van der Waals surface area contributed by atoms with Crippen molar-refractivity contribution in [3.63, 3.8) is 0 Å². The lowest BCUT2D eigenvalue weighted by atomic mass is 9.86. The molecule has 1 aromatic carbocycles. The Labute approximate surface area is 153 Å². The molecule has 2 aromatic rings. The fourth-order valence-corrected chi connectivity index (χ4v) is 4.55. The average Bonchev–Trinajstić information content (AvgIpc) is 3.14. The number of anilines is 1. The molecule has 132 valence electrons. The molecule has 1 amide bonds. The van der Waals surface area contributed by atoms with E-state index in [0.29, 0.717) is 12.5 Å². The molecule has 0 spiro atoms. The van der Waals surface area contributed by atoms with Crippen molar-refractivity contribution in [2.24, 2.45) is 5.92 Å². The van der Waals surface area contributed by atoms with E-state index in [1.807, 2.05) is 42.6 Å². The Morgan fingerprint density at radius 3 is 2.76 bits per heavy atom. The molecular formula is C20H24N2O2S. The molecular weight excluding hydrogens is 332 g/mol. The third-order valence-electron chi connectivity index (χ3n) is 5.28. The van der Waals surface area contributed by atoms with Gasteiger partial charge >= 0.3 is 6.09 Å². The van der Waals surface area contributed by atoms with Gasteiger partial charge in [0, 0.05) is 17.1 Å². The van der Waals surface area contributed by atoms with E-state index in [1.54, 1.807) is 16.2 Å². The summed E-state index contributed by atoms with van der Waals surface area (Å²) in [4.78, 5) is 18.4. The molecule has 0 aliphatic carbocycles. The molecule has 3 aliphatic heterocycles. The molecule has 5 heteroatoms. The van der Waals surface area contributed by atoms with E-state index in [4.69, 9.17) is 4.74 Å². The van der Waals surface area contributed by atoms with Gasteiger partial charge in [-0.3, -0.25) is 9.80 Å². The van der Waals surface area contributed by atoms with Gasteiger partial charge in [-0.15, -0.1) is 11.3 Å². The van der Waals surface area contributed by atoms with Crippen molar-refractivity contribution in [3.8, 4) is 0 Å². The maximum atomic E-state index is 13.0. The molecule has 0 N–H and O–H groups in total. The van der Waals surface area contributed by atoms with Gasteiger partial charge < -0.3 is 4.74 Å². The molecule has 1 aromatic heterocycles. The summed E-state index contributed by atoms with van der Waals surface area (Å²) in [6.45, 7) is 5.79. The third kappa shape index (κ3) is 3.72. The van der Waals surface area contributed by atoms with Gasteiger partial charge in [-0.1, -0.05) is 18.2 Å². The highest BCUT2D eigenvalue weighted by molar-refractivity contribution is 7.09. The van der Waals surface area contributed by atoms with Gasteiger partial charge in [0.05, 0.1) is 6.54 Å². The number of benzene rings is 1. The number of rotatable bonds is 4. The fourth-order valence-electron chi connectivity index (χ4n) is 3.85. The highest BCUT2D eigenvalue weighted by atomic mass is 32.1. The second kappa shape index (κ2) is 7.18. The van der Waals surface area contributed by atoms with Crippen LogP contribution in [0.1, 0.15) is 23.3 Å². The molecule has 2 bridgehead atoms. The fraction of sp³-hybridized carbons (Fsp3) is 0.450. The second-order valence-corrected chi connectivity index (χ2v) is 8.10. The summed E-state index contributed by atoms with van der Waals surface area (Å²) >= 11 is 1.67. The number of fused-ring (bicyclic) bond motifs is 3. The zero-order valence-electron chi connectivity index (χ0n) is 14.6. The Hall–Kier alpha value is -1.85. The van der Waals surface area contributed by atoms with Gasteiger partial charge in [-0.25, -0.2) is 4.79 Å². The number of carbonyl (C=O) groups is 1. The van der Waals surface area contributed by atoms with Crippen LogP contribution in [0.3, 0.4) is 0 Å². The Kier molecular flexibility index (Phi) is 4.77. The molecule has 4 nitrogen and oxygen atoms in total. The molecule has 0 saturated carbocycles. The van der Waals surface area contributed by atoms with Gasteiger partial charge in [0.15, 0.2) is 0 Å². The van der Waals surface area contributed by atoms with E-state index < -0.39 is 0 Å². The van der Waals surface area contributed by atoms with E-state index in [9.17, 15) is 4.79 Å². The Bertz CT molecular complexity index is 723. The minimum atomic E-state index is -0.224. The summed E-state index contributed by atoms with van der Waals surface area (Å²) in [6.07, 6.45) is 2.10. The highest BCUT2D eigenvalue weighted by Crippen LogP contribution is 2.31. The van der Waals surface area contributed by atoms with Gasteiger partial charge in [-0.2, -0.15) is 0 Å². The Morgan fingerprint density at radius 2 is 2.12 bits per heavy atom. The number of thiophene rings is 1. The third-order valence-corrected chi connectivity index (χ3v) is 6.14. The first kappa shape index (κ1) is 16.6. The molecule has 0 radical (unpaired) electrons. The van der Waals surface area contributed by atoms with Crippen LogP contribution in [-0.2, 0) is 11.3 Å². The highest BCUT2D eigenvalue weighted by Gasteiger charge is 2.37. The number of hydrogen-bond acceptors (Lipinski definition) is 4. The molecule has 3 saturated heterocycles. The van der Waals surface area contributed by atoms with E-state index in [0.717, 1.165) is 48.6 Å². The van der Waals surface area contributed by atoms with Gasteiger partial charge in [0.2, 0.25) is 0 Å². The first-order valence-corrected chi connectivity index (χ1v) is 9.86. The second-order valence-electron chi connectivity index (χ2n) is 7.06.